The molecule has 0 spiro atoms. The van der Waals surface area contributed by atoms with E-state index in [4.69, 9.17) is 4.52 Å². The van der Waals surface area contributed by atoms with Crippen LogP contribution in [0.3, 0.4) is 0 Å². The van der Waals surface area contributed by atoms with Gasteiger partial charge in [-0.15, -0.1) is 0 Å². The molecule has 6 heteroatoms. The molecule has 1 aliphatic rings. The average Bonchev–Trinajstić information content (AvgIpc) is 2.85. The van der Waals surface area contributed by atoms with E-state index in [1.807, 2.05) is 0 Å². The summed E-state index contributed by atoms with van der Waals surface area (Å²) in [6.07, 6.45) is 3.50. The van der Waals surface area contributed by atoms with E-state index < -0.39 is 0 Å². The zero-order chi connectivity index (χ0) is 13.7. The molecular formula is C13H22N4O2. The lowest BCUT2D eigenvalue weighted by Gasteiger charge is -2.35. The molecule has 1 fully saturated rings. The molecular weight excluding hydrogens is 244 g/mol. The molecule has 1 unspecified atom stereocenters. The first-order valence-electron chi connectivity index (χ1n) is 6.94. The summed E-state index contributed by atoms with van der Waals surface area (Å²) in [5.41, 5.74) is -0.245. The van der Waals surface area contributed by atoms with Crippen molar-refractivity contribution in [3.63, 3.8) is 0 Å². The summed E-state index contributed by atoms with van der Waals surface area (Å²) in [7, 11) is 0. The SMILES string of the molecule is CCC1(C(=O)NCCc2noc(C)n2)CCCNC1. The molecule has 1 amide bonds. The van der Waals surface area contributed by atoms with E-state index in [0.29, 0.717) is 24.7 Å². The van der Waals surface area contributed by atoms with Crippen LogP contribution in [0.1, 0.15) is 37.9 Å². The summed E-state index contributed by atoms with van der Waals surface area (Å²) >= 11 is 0. The van der Waals surface area contributed by atoms with Crippen molar-refractivity contribution in [1.82, 2.24) is 20.8 Å². The Morgan fingerprint density at radius 3 is 3.00 bits per heavy atom. The number of nitrogens with one attached hydrogen (secondary N) is 2. The second-order valence-corrected chi connectivity index (χ2v) is 5.15. The second kappa shape index (κ2) is 6.14. The van der Waals surface area contributed by atoms with Crippen LogP contribution < -0.4 is 10.6 Å². The fraction of sp³-hybridized carbons (Fsp3) is 0.769. The summed E-state index contributed by atoms with van der Waals surface area (Å²) in [6.45, 7) is 6.18. The van der Waals surface area contributed by atoms with Crippen LogP contribution in [0, 0.1) is 12.3 Å². The summed E-state index contributed by atoms with van der Waals surface area (Å²) in [5.74, 6) is 1.34. The predicted octanol–water partition coefficient (Wildman–Crippen LogP) is 0.817. The smallest absolute Gasteiger partial charge is 0.227 e. The molecule has 1 aromatic rings. The van der Waals surface area contributed by atoms with Gasteiger partial charge in [-0.2, -0.15) is 4.98 Å². The molecule has 2 N–H and O–H groups in total. The number of aryl methyl sites for hydroxylation is 1. The number of rotatable bonds is 5. The van der Waals surface area contributed by atoms with E-state index in [1.54, 1.807) is 6.92 Å². The van der Waals surface area contributed by atoms with Gasteiger partial charge in [0.05, 0.1) is 5.41 Å². The molecule has 2 rings (SSSR count). The lowest BCUT2D eigenvalue weighted by molar-refractivity contribution is -0.132. The highest BCUT2D eigenvalue weighted by atomic mass is 16.5. The van der Waals surface area contributed by atoms with Gasteiger partial charge >= 0.3 is 0 Å². The fourth-order valence-corrected chi connectivity index (χ4v) is 2.54. The van der Waals surface area contributed by atoms with E-state index in [9.17, 15) is 4.79 Å². The van der Waals surface area contributed by atoms with Crippen molar-refractivity contribution in [3.05, 3.63) is 11.7 Å². The van der Waals surface area contributed by atoms with Crippen LogP contribution in [0.15, 0.2) is 4.52 Å². The maximum Gasteiger partial charge on any atom is 0.227 e. The first kappa shape index (κ1) is 14.0. The molecule has 1 aliphatic heterocycles. The molecule has 1 saturated heterocycles. The van der Waals surface area contributed by atoms with Crippen LogP contribution in [0.2, 0.25) is 0 Å². The molecule has 1 aromatic heterocycles. The Balaban J connectivity index is 1.82. The van der Waals surface area contributed by atoms with E-state index in [0.717, 1.165) is 32.4 Å². The normalized spacial score (nSPS) is 23.3. The molecule has 0 radical (unpaired) electrons. The monoisotopic (exact) mass is 266 g/mol. The van der Waals surface area contributed by atoms with Gasteiger partial charge in [0.15, 0.2) is 5.82 Å². The first-order valence-corrected chi connectivity index (χ1v) is 6.94. The first-order chi connectivity index (χ1) is 9.16. The Kier molecular flexibility index (Phi) is 4.52. The molecule has 6 nitrogen and oxygen atoms in total. The number of amides is 1. The highest BCUT2D eigenvalue weighted by Crippen LogP contribution is 2.30. The van der Waals surface area contributed by atoms with E-state index in [1.165, 1.54) is 0 Å². The summed E-state index contributed by atoms with van der Waals surface area (Å²) in [5, 5.41) is 10.1. The molecule has 0 aromatic carbocycles. The highest BCUT2D eigenvalue weighted by Gasteiger charge is 2.37. The molecule has 106 valence electrons. The van der Waals surface area contributed by atoms with Crippen LogP contribution in [-0.4, -0.2) is 35.7 Å². The molecule has 1 atom stereocenters. The summed E-state index contributed by atoms with van der Waals surface area (Å²) in [6, 6.07) is 0. The number of hydrogen-bond donors (Lipinski definition) is 2. The Morgan fingerprint density at radius 2 is 2.42 bits per heavy atom. The van der Waals surface area contributed by atoms with Gasteiger partial charge in [0.25, 0.3) is 0 Å². The Bertz CT molecular complexity index is 424. The van der Waals surface area contributed by atoms with Gasteiger partial charge in [-0.3, -0.25) is 4.79 Å². The number of aromatic nitrogens is 2. The van der Waals surface area contributed by atoms with Crippen LogP contribution in [-0.2, 0) is 11.2 Å². The Labute approximate surface area is 113 Å². The quantitative estimate of drug-likeness (QED) is 0.824. The highest BCUT2D eigenvalue weighted by molar-refractivity contribution is 5.83. The van der Waals surface area contributed by atoms with Gasteiger partial charge in [-0.1, -0.05) is 12.1 Å². The van der Waals surface area contributed by atoms with E-state index in [2.05, 4.69) is 27.7 Å². The number of nitrogens with zero attached hydrogens (tertiary/aromatic N) is 2. The third kappa shape index (κ3) is 3.32. The van der Waals surface area contributed by atoms with Crippen molar-refractivity contribution in [1.29, 1.82) is 0 Å². The predicted molar refractivity (Wildman–Crippen MR) is 70.6 cm³/mol. The maximum absolute atomic E-state index is 12.3. The number of piperidine rings is 1. The zero-order valence-corrected chi connectivity index (χ0v) is 11.7. The molecule has 0 bridgehead atoms. The van der Waals surface area contributed by atoms with E-state index >= 15 is 0 Å². The molecule has 19 heavy (non-hydrogen) atoms. The van der Waals surface area contributed by atoms with Gasteiger partial charge in [-0.25, -0.2) is 0 Å². The Morgan fingerprint density at radius 1 is 1.58 bits per heavy atom. The molecule has 0 aliphatic carbocycles. The van der Waals surface area contributed by atoms with Gasteiger partial charge in [0, 0.05) is 26.4 Å². The van der Waals surface area contributed by atoms with Gasteiger partial charge in [0.2, 0.25) is 11.8 Å². The average molecular weight is 266 g/mol. The maximum atomic E-state index is 12.3. The summed E-state index contributed by atoms with van der Waals surface area (Å²) in [4.78, 5) is 16.4. The van der Waals surface area contributed by atoms with Crippen LogP contribution in [0.25, 0.3) is 0 Å². The lowest BCUT2D eigenvalue weighted by atomic mass is 9.77. The minimum Gasteiger partial charge on any atom is -0.355 e. The fourth-order valence-electron chi connectivity index (χ4n) is 2.54. The minimum absolute atomic E-state index is 0.141. The molecule has 0 saturated carbocycles. The van der Waals surface area contributed by atoms with Crippen LogP contribution in [0.4, 0.5) is 0 Å². The number of hydrogen-bond acceptors (Lipinski definition) is 5. The largest absolute Gasteiger partial charge is 0.355 e. The standard InChI is InChI=1S/C13H22N4O2/c1-3-13(6-4-7-14-9-13)12(18)15-8-5-11-16-10(2)19-17-11/h14H,3-9H2,1-2H3,(H,15,18). The van der Waals surface area contributed by atoms with Crippen molar-refractivity contribution >= 4 is 5.91 Å². The van der Waals surface area contributed by atoms with Crippen molar-refractivity contribution < 1.29 is 9.32 Å². The molecule has 2 heterocycles. The minimum atomic E-state index is -0.245. The number of carbonyl (C=O) groups excluding carboxylic acids is 1. The Hall–Kier alpha value is -1.43. The third-order valence-corrected chi connectivity index (χ3v) is 3.83. The van der Waals surface area contributed by atoms with Crippen LogP contribution >= 0.6 is 0 Å². The van der Waals surface area contributed by atoms with Gasteiger partial charge in [0.1, 0.15) is 0 Å². The van der Waals surface area contributed by atoms with E-state index in [-0.39, 0.29) is 11.3 Å². The van der Waals surface area contributed by atoms with Gasteiger partial charge < -0.3 is 15.2 Å². The van der Waals surface area contributed by atoms with Crippen molar-refractivity contribution in [2.24, 2.45) is 5.41 Å². The zero-order valence-electron chi connectivity index (χ0n) is 11.7. The topological polar surface area (TPSA) is 80.1 Å². The van der Waals surface area contributed by atoms with Crippen molar-refractivity contribution in [3.8, 4) is 0 Å². The van der Waals surface area contributed by atoms with Crippen molar-refractivity contribution in [2.45, 2.75) is 39.5 Å². The van der Waals surface area contributed by atoms with Crippen LogP contribution in [0.5, 0.6) is 0 Å². The third-order valence-electron chi connectivity index (χ3n) is 3.83. The lowest BCUT2D eigenvalue weighted by Crippen LogP contribution is -2.50. The summed E-state index contributed by atoms with van der Waals surface area (Å²) < 4.78 is 4.90. The van der Waals surface area contributed by atoms with Crippen molar-refractivity contribution in [2.75, 3.05) is 19.6 Å². The number of carbonyl (C=O) groups is 1. The van der Waals surface area contributed by atoms with Gasteiger partial charge in [-0.05, 0) is 25.8 Å². The second-order valence-electron chi connectivity index (χ2n) is 5.15.